The molecule has 0 heterocycles. The van der Waals surface area contributed by atoms with Crippen LogP contribution >= 0.6 is 0 Å². The normalized spacial score (nSPS) is 25.6. The second kappa shape index (κ2) is 6.39. The Morgan fingerprint density at radius 3 is 2.29 bits per heavy atom. The van der Waals surface area contributed by atoms with Gasteiger partial charge in [-0.3, -0.25) is 4.79 Å². The molecule has 17 heavy (non-hydrogen) atoms. The van der Waals surface area contributed by atoms with Crippen LogP contribution in [-0.2, 0) is 9.53 Å². The minimum absolute atomic E-state index is 0.124. The highest BCUT2D eigenvalue weighted by molar-refractivity contribution is 5.69. The number of rotatable bonds is 4. The molecule has 3 nitrogen and oxygen atoms in total. The highest BCUT2D eigenvalue weighted by Gasteiger charge is 2.29. The molecule has 0 spiro atoms. The maximum Gasteiger partial charge on any atom is 0.306 e. The van der Waals surface area contributed by atoms with E-state index in [0.29, 0.717) is 17.9 Å². The van der Waals surface area contributed by atoms with Gasteiger partial charge in [-0.25, -0.2) is 0 Å². The first-order chi connectivity index (χ1) is 7.93. The van der Waals surface area contributed by atoms with E-state index in [2.05, 4.69) is 30.8 Å². The van der Waals surface area contributed by atoms with Crippen LogP contribution in [0.3, 0.4) is 0 Å². The van der Waals surface area contributed by atoms with E-state index in [1.54, 1.807) is 0 Å². The van der Waals surface area contributed by atoms with Gasteiger partial charge in [0.1, 0.15) is 0 Å². The zero-order valence-electron chi connectivity index (χ0n) is 11.7. The topological polar surface area (TPSA) is 38.3 Å². The number of hydrogen-bond donors (Lipinski definition) is 1. The third-order valence-electron chi connectivity index (χ3n) is 3.94. The minimum atomic E-state index is -0.124. The van der Waals surface area contributed by atoms with Crippen LogP contribution in [0.5, 0.6) is 0 Å². The van der Waals surface area contributed by atoms with E-state index < -0.39 is 0 Å². The average Bonchev–Trinajstić information content (AvgIpc) is 2.28. The van der Waals surface area contributed by atoms with Crippen molar-refractivity contribution in [2.75, 3.05) is 13.7 Å². The van der Waals surface area contributed by atoms with Crippen LogP contribution in [0.1, 0.15) is 52.9 Å². The molecule has 0 atom stereocenters. The van der Waals surface area contributed by atoms with Gasteiger partial charge in [-0.1, -0.05) is 20.8 Å². The Kier molecular flexibility index (Phi) is 5.44. The maximum atomic E-state index is 11.0. The standard InChI is InChI=1S/C14H27NO2/c1-14(2,3)11-5-7-12(8-6-11)15-10-9-13(16)17-4/h11-12,15H,5-10H2,1-4H3. The summed E-state index contributed by atoms with van der Waals surface area (Å²) in [5, 5.41) is 3.46. The first kappa shape index (κ1) is 14.5. The maximum absolute atomic E-state index is 11.0. The van der Waals surface area contributed by atoms with E-state index in [0.717, 1.165) is 12.5 Å². The molecule has 1 saturated carbocycles. The molecule has 100 valence electrons. The first-order valence-electron chi connectivity index (χ1n) is 6.73. The quantitative estimate of drug-likeness (QED) is 0.769. The van der Waals surface area contributed by atoms with Crippen LogP contribution in [0.15, 0.2) is 0 Å². The summed E-state index contributed by atoms with van der Waals surface area (Å²) >= 11 is 0. The fraction of sp³-hybridized carbons (Fsp3) is 0.929. The summed E-state index contributed by atoms with van der Waals surface area (Å²) in [4.78, 5) is 11.0. The number of carbonyl (C=O) groups excluding carboxylic acids is 1. The van der Waals surface area contributed by atoms with Gasteiger partial charge in [-0.15, -0.1) is 0 Å². The molecule has 0 bridgehead atoms. The second-order valence-corrected chi connectivity index (χ2v) is 6.19. The molecule has 1 aliphatic rings. The lowest BCUT2D eigenvalue weighted by molar-refractivity contribution is -0.140. The first-order valence-corrected chi connectivity index (χ1v) is 6.73. The molecule has 0 aromatic heterocycles. The Labute approximate surface area is 105 Å². The van der Waals surface area contributed by atoms with Crippen molar-refractivity contribution < 1.29 is 9.53 Å². The van der Waals surface area contributed by atoms with E-state index >= 15 is 0 Å². The Balaban J connectivity index is 2.17. The molecule has 0 radical (unpaired) electrons. The van der Waals surface area contributed by atoms with Crippen LogP contribution in [0.25, 0.3) is 0 Å². The summed E-state index contributed by atoms with van der Waals surface area (Å²) in [5.41, 5.74) is 0.441. The minimum Gasteiger partial charge on any atom is -0.469 e. The molecule has 1 rings (SSSR count). The highest BCUT2D eigenvalue weighted by atomic mass is 16.5. The molecule has 0 aliphatic heterocycles. The van der Waals surface area contributed by atoms with Crippen molar-refractivity contribution in [1.82, 2.24) is 5.32 Å². The predicted molar refractivity (Wildman–Crippen MR) is 69.8 cm³/mol. The van der Waals surface area contributed by atoms with Gasteiger partial charge in [0.15, 0.2) is 0 Å². The molecule has 0 aromatic rings. The molecule has 1 fully saturated rings. The second-order valence-electron chi connectivity index (χ2n) is 6.19. The monoisotopic (exact) mass is 241 g/mol. The van der Waals surface area contributed by atoms with Crippen molar-refractivity contribution in [3.63, 3.8) is 0 Å². The van der Waals surface area contributed by atoms with Crippen molar-refractivity contribution in [1.29, 1.82) is 0 Å². The van der Waals surface area contributed by atoms with Gasteiger partial charge in [-0.2, -0.15) is 0 Å². The Morgan fingerprint density at radius 1 is 1.24 bits per heavy atom. The number of nitrogens with one attached hydrogen (secondary N) is 1. The van der Waals surface area contributed by atoms with Crippen LogP contribution < -0.4 is 5.32 Å². The molecule has 3 heteroatoms. The fourth-order valence-electron chi connectivity index (χ4n) is 2.64. The summed E-state index contributed by atoms with van der Waals surface area (Å²) in [6.07, 6.45) is 5.57. The molecule has 0 unspecified atom stereocenters. The fourth-order valence-corrected chi connectivity index (χ4v) is 2.64. The van der Waals surface area contributed by atoms with Gasteiger partial charge >= 0.3 is 5.97 Å². The molecule has 1 aliphatic carbocycles. The average molecular weight is 241 g/mol. The lowest BCUT2D eigenvalue weighted by atomic mass is 9.71. The van der Waals surface area contributed by atoms with Crippen molar-refractivity contribution in [2.24, 2.45) is 11.3 Å². The molecule has 1 N–H and O–H groups in total. The van der Waals surface area contributed by atoms with Crippen LogP contribution in [-0.4, -0.2) is 25.7 Å². The largest absolute Gasteiger partial charge is 0.469 e. The summed E-state index contributed by atoms with van der Waals surface area (Å²) < 4.78 is 4.62. The van der Waals surface area contributed by atoms with Gasteiger partial charge in [0.25, 0.3) is 0 Å². The van der Waals surface area contributed by atoms with E-state index in [1.807, 2.05) is 0 Å². The van der Waals surface area contributed by atoms with Crippen molar-refractivity contribution in [2.45, 2.75) is 58.9 Å². The van der Waals surface area contributed by atoms with Gasteiger partial charge in [0.05, 0.1) is 13.5 Å². The zero-order valence-corrected chi connectivity index (χ0v) is 11.7. The summed E-state index contributed by atoms with van der Waals surface area (Å²) in [5.74, 6) is 0.724. The highest BCUT2D eigenvalue weighted by Crippen LogP contribution is 2.37. The number of methoxy groups -OCH3 is 1. The van der Waals surface area contributed by atoms with Crippen molar-refractivity contribution in [3.8, 4) is 0 Å². The van der Waals surface area contributed by atoms with Gasteiger partial charge in [0, 0.05) is 12.6 Å². The number of ether oxygens (including phenoxy) is 1. The molecule has 0 saturated heterocycles. The van der Waals surface area contributed by atoms with Gasteiger partial charge in [-0.05, 0) is 37.0 Å². The molecular formula is C14H27NO2. The van der Waals surface area contributed by atoms with E-state index in [4.69, 9.17) is 0 Å². The Morgan fingerprint density at radius 2 is 1.82 bits per heavy atom. The molecule has 0 amide bonds. The lowest BCUT2D eigenvalue weighted by Crippen LogP contribution is -2.37. The van der Waals surface area contributed by atoms with Crippen LogP contribution in [0.2, 0.25) is 0 Å². The van der Waals surface area contributed by atoms with E-state index in [9.17, 15) is 4.79 Å². The lowest BCUT2D eigenvalue weighted by Gasteiger charge is -2.37. The van der Waals surface area contributed by atoms with Crippen molar-refractivity contribution >= 4 is 5.97 Å². The van der Waals surface area contributed by atoms with Gasteiger partial charge < -0.3 is 10.1 Å². The summed E-state index contributed by atoms with van der Waals surface area (Å²) in [7, 11) is 1.44. The van der Waals surface area contributed by atoms with Gasteiger partial charge in [0.2, 0.25) is 0 Å². The molecule has 0 aromatic carbocycles. The number of esters is 1. The van der Waals surface area contributed by atoms with E-state index in [-0.39, 0.29) is 5.97 Å². The number of hydrogen-bond acceptors (Lipinski definition) is 3. The summed E-state index contributed by atoms with van der Waals surface area (Å²) in [6, 6.07) is 0.596. The number of carbonyl (C=O) groups is 1. The third-order valence-corrected chi connectivity index (χ3v) is 3.94. The van der Waals surface area contributed by atoms with E-state index in [1.165, 1.54) is 32.8 Å². The Bertz CT molecular complexity index is 237. The zero-order chi connectivity index (χ0) is 12.9. The molecular weight excluding hydrogens is 214 g/mol. The summed E-state index contributed by atoms with van der Waals surface area (Å²) in [6.45, 7) is 7.76. The van der Waals surface area contributed by atoms with Crippen molar-refractivity contribution in [3.05, 3.63) is 0 Å². The predicted octanol–water partition coefficient (Wildman–Crippen LogP) is 2.74. The SMILES string of the molecule is COC(=O)CCNC1CCC(C(C)(C)C)CC1. The third kappa shape index (κ3) is 5.07. The van der Waals surface area contributed by atoms with Crippen LogP contribution in [0.4, 0.5) is 0 Å². The Hall–Kier alpha value is -0.570. The van der Waals surface area contributed by atoms with Crippen LogP contribution in [0, 0.1) is 11.3 Å². The smallest absolute Gasteiger partial charge is 0.306 e.